The van der Waals surface area contributed by atoms with Gasteiger partial charge in [-0.3, -0.25) is 0 Å². The monoisotopic (exact) mass is 184 g/mol. The van der Waals surface area contributed by atoms with Crippen LogP contribution in [0, 0.1) is 0 Å². The number of hydrogen-bond acceptors (Lipinski definition) is 2. The topological polar surface area (TPSA) is 25.8 Å². The molecule has 66 valence electrons. The molecule has 1 rings (SSSR count). The first-order valence-electron chi connectivity index (χ1n) is 4.28. The zero-order chi connectivity index (χ0) is 8.97. The Hall–Kier alpha value is -0.630. The summed E-state index contributed by atoms with van der Waals surface area (Å²) in [5, 5.41) is 0.560. The molecule has 0 radical (unpaired) electrons. The molecule has 3 heteroatoms. The Labute approximate surface area is 78.0 Å². The Morgan fingerprint density at radius 2 is 2.08 bits per heavy atom. The van der Waals surface area contributed by atoms with Crippen molar-refractivity contribution in [2.45, 2.75) is 33.1 Å². The predicted molar refractivity (Wildman–Crippen MR) is 50.4 cm³/mol. The molecule has 1 aromatic heterocycles. The van der Waals surface area contributed by atoms with E-state index in [0.29, 0.717) is 5.15 Å². The highest BCUT2D eigenvalue weighted by atomic mass is 35.5. The molecular formula is C9H13ClN2. The molecule has 0 atom stereocenters. The fourth-order valence-corrected chi connectivity index (χ4v) is 1.26. The van der Waals surface area contributed by atoms with Gasteiger partial charge in [0.1, 0.15) is 11.0 Å². The van der Waals surface area contributed by atoms with Crippen LogP contribution in [0.25, 0.3) is 0 Å². The highest BCUT2D eigenvalue weighted by Gasteiger charge is 2.00. The van der Waals surface area contributed by atoms with Crippen LogP contribution in [0.1, 0.15) is 31.8 Å². The van der Waals surface area contributed by atoms with Crippen LogP contribution in [0.15, 0.2) is 6.07 Å². The highest BCUT2D eigenvalue weighted by Crippen LogP contribution is 2.08. The maximum Gasteiger partial charge on any atom is 0.133 e. The number of nitrogens with zero attached hydrogens (tertiary/aromatic N) is 2. The van der Waals surface area contributed by atoms with Crippen molar-refractivity contribution in [2.24, 2.45) is 0 Å². The van der Waals surface area contributed by atoms with Gasteiger partial charge < -0.3 is 0 Å². The van der Waals surface area contributed by atoms with E-state index in [4.69, 9.17) is 11.6 Å². The number of rotatable bonds is 3. The molecule has 0 bridgehead atoms. The molecule has 0 saturated carbocycles. The second-order valence-corrected chi connectivity index (χ2v) is 3.09. The van der Waals surface area contributed by atoms with E-state index >= 15 is 0 Å². The highest BCUT2D eigenvalue weighted by molar-refractivity contribution is 6.29. The molecule has 0 aliphatic rings. The van der Waals surface area contributed by atoms with Gasteiger partial charge in [-0.2, -0.15) is 0 Å². The van der Waals surface area contributed by atoms with Crippen LogP contribution >= 0.6 is 11.6 Å². The Morgan fingerprint density at radius 3 is 2.67 bits per heavy atom. The van der Waals surface area contributed by atoms with Crippen molar-refractivity contribution in [1.82, 2.24) is 9.97 Å². The van der Waals surface area contributed by atoms with Gasteiger partial charge in [0.15, 0.2) is 0 Å². The molecule has 0 aromatic carbocycles. The van der Waals surface area contributed by atoms with Crippen molar-refractivity contribution in [2.75, 3.05) is 0 Å². The fraction of sp³-hybridized carbons (Fsp3) is 0.556. The van der Waals surface area contributed by atoms with Crippen LogP contribution in [0.5, 0.6) is 0 Å². The maximum atomic E-state index is 5.81. The van der Waals surface area contributed by atoms with Crippen LogP contribution in [0.4, 0.5) is 0 Å². The Bertz CT molecular complexity index is 261. The summed E-state index contributed by atoms with van der Waals surface area (Å²) in [6.07, 6.45) is 2.88. The quantitative estimate of drug-likeness (QED) is 0.675. The Kier molecular flexibility index (Phi) is 3.48. The third-order valence-corrected chi connectivity index (χ3v) is 1.82. The van der Waals surface area contributed by atoms with Gasteiger partial charge in [-0.05, 0) is 18.9 Å². The molecule has 0 N–H and O–H groups in total. The lowest BCUT2D eigenvalue weighted by Crippen LogP contribution is -1.98. The molecule has 0 spiro atoms. The Morgan fingerprint density at radius 1 is 1.33 bits per heavy atom. The third-order valence-electron chi connectivity index (χ3n) is 1.63. The molecule has 1 heterocycles. The third kappa shape index (κ3) is 2.45. The van der Waals surface area contributed by atoms with E-state index in [9.17, 15) is 0 Å². The zero-order valence-corrected chi connectivity index (χ0v) is 8.23. The predicted octanol–water partition coefficient (Wildman–Crippen LogP) is 2.64. The lowest BCUT2D eigenvalue weighted by molar-refractivity contribution is 0.814. The molecular weight excluding hydrogens is 172 g/mol. The summed E-state index contributed by atoms with van der Waals surface area (Å²) in [4.78, 5) is 8.47. The standard InChI is InChI=1S/C9H13ClN2/c1-3-5-9-11-7(4-2)6-8(10)12-9/h6H,3-5H2,1-2H3. The zero-order valence-electron chi connectivity index (χ0n) is 7.47. The van der Waals surface area contributed by atoms with Gasteiger partial charge >= 0.3 is 0 Å². The molecule has 0 saturated heterocycles. The van der Waals surface area contributed by atoms with Gasteiger partial charge in [-0.25, -0.2) is 9.97 Å². The van der Waals surface area contributed by atoms with Crippen LogP contribution in [-0.2, 0) is 12.8 Å². The van der Waals surface area contributed by atoms with E-state index < -0.39 is 0 Å². The summed E-state index contributed by atoms with van der Waals surface area (Å²) in [5.74, 6) is 0.863. The second-order valence-electron chi connectivity index (χ2n) is 2.70. The van der Waals surface area contributed by atoms with Crippen LogP contribution in [0.3, 0.4) is 0 Å². The van der Waals surface area contributed by atoms with Gasteiger partial charge in [-0.1, -0.05) is 25.4 Å². The lowest BCUT2D eigenvalue weighted by Gasteiger charge is -2.01. The molecule has 0 aliphatic carbocycles. The van der Waals surface area contributed by atoms with Crippen molar-refractivity contribution in [1.29, 1.82) is 0 Å². The molecule has 0 amide bonds. The van der Waals surface area contributed by atoms with E-state index in [1.807, 2.05) is 6.07 Å². The van der Waals surface area contributed by atoms with E-state index in [1.165, 1.54) is 0 Å². The van der Waals surface area contributed by atoms with E-state index in [1.54, 1.807) is 0 Å². The largest absolute Gasteiger partial charge is 0.238 e. The number of halogens is 1. The van der Waals surface area contributed by atoms with E-state index in [0.717, 1.165) is 30.8 Å². The summed E-state index contributed by atoms with van der Waals surface area (Å²) in [7, 11) is 0. The van der Waals surface area contributed by atoms with Crippen LogP contribution in [-0.4, -0.2) is 9.97 Å². The summed E-state index contributed by atoms with van der Waals surface area (Å²) >= 11 is 5.81. The SMILES string of the molecule is CCCc1nc(Cl)cc(CC)n1. The lowest BCUT2D eigenvalue weighted by atomic mass is 10.3. The average Bonchev–Trinajstić information content (AvgIpc) is 2.04. The first kappa shape index (κ1) is 9.46. The van der Waals surface area contributed by atoms with Gasteiger partial charge in [0.25, 0.3) is 0 Å². The van der Waals surface area contributed by atoms with Gasteiger partial charge in [0, 0.05) is 12.1 Å². The van der Waals surface area contributed by atoms with Gasteiger partial charge in [-0.15, -0.1) is 0 Å². The van der Waals surface area contributed by atoms with E-state index in [2.05, 4.69) is 23.8 Å². The van der Waals surface area contributed by atoms with Gasteiger partial charge in [0.2, 0.25) is 0 Å². The normalized spacial score (nSPS) is 10.2. The van der Waals surface area contributed by atoms with Crippen molar-refractivity contribution in [3.63, 3.8) is 0 Å². The van der Waals surface area contributed by atoms with Crippen molar-refractivity contribution >= 4 is 11.6 Å². The summed E-state index contributed by atoms with van der Waals surface area (Å²) in [5.41, 5.74) is 1.03. The smallest absolute Gasteiger partial charge is 0.133 e. The first-order chi connectivity index (χ1) is 5.76. The minimum absolute atomic E-state index is 0.560. The minimum Gasteiger partial charge on any atom is -0.238 e. The molecule has 1 aromatic rings. The second kappa shape index (κ2) is 4.41. The van der Waals surface area contributed by atoms with Crippen molar-refractivity contribution in [3.05, 3.63) is 22.7 Å². The molecule has 0 unspecified atom stereocenters. The number of aryl methyl sites for hydroxylation is 2. The molecule has 0 fully saturated rings. The summed E-state index contributed by atoms with van der Waals surface area (Å²) in [6.45, 7) is 4.17. The summed E-state index contributed by atoms with van der Waals surface area (Å²) in [6, 6.07) is 1.82. The summed E-state index contributed by atoms with van der Waals surface area (Å²) < 4.78 is 0. The first-order valence-corrected chi connectivity index (χ1v) is 4.66. The molecule has 2 nitrogen and oxygen atoms in total. The maximum absolute atomic E-state index is 5.81. The Balaban J connectivity index is 2.90. The van der Waals surface area contributed by atoms with Gasteiger partial charge in [0.05, 0.1) is 0 Å². The van der Waals surface area contributed by atoms with Crippen molar-refractivity contribution < 1.29 is 0 Å². The number of hydrogen-bond donors (Lipinski definition) is 0. The average molecular weight is 185 g/mol. The minimum atomic E-state index is 0.560. The molecule has 0 aliphatic heterocycles. The fourth-order valence-electron chi connectivity index (χ4n) is 1.03. The van der Waals surface area contributed by atoms with Crippen molar-refractivity contribution in [3.8, 4) is 0 Å². The van der Waals surface area contributed by atoms with Crippen LogP contribution in [0.2, 0.25) is 5.15 Å². The van der Waals surface area contributed by atoms with Crippen LogP contribution < -0.4 is 0 Å². The molecule has 12 heavy (non-hydrogen) atoms. The van der Waals surface area contributed by atoms with E-state index in [-0.39, 0.29) is 0 Å². The number of aromatic nitrogens is 2.